The number of nitrogens with one attached hydrogen (secondary N) is 1. The first-order valence-electron chi connectivity index (χ1n) is 10.1. The number of amides is 4. The first-order chi connectivity index (χ1) is 16.2. The van der Waals surface area contributed by atoms with E-state index in [0.29, 0.717) is 37.6 Å². The third kappa shape index (κ3) is 4.94. The summed E-state index contributed by atoms with van der Waals surface area (Å²) in [5.74, 6) is -0.945. The smallest absolute Gasteiger partial charge is 0.335 e. The Morgan fingerprint density at radius 1 is 0.941 bits per heavy atom. The Bertz CT molecular complexity index is 1340. The van der Waals surface area contributed by atoms with Gasteiger partial charge in [0.05, 0.1) is 5.69 Å². The van der Waals surface area contributed by atoms with Crippen LogP contribution >= 0.6 is 34.8 Å². The molecule has 4 amide bonds. The van der Waals surface area contributed by atoms with Gasteiger partial charge in [-0.15, -0.1) is 0 Å². The minimum atomic E-state index is -0.831. The molecule has 1 heterocycles. The van der Waals surface area contributed by atoms with E-state index in [4.69, 9.17) is 39.5 Å². The fourth-order valence-electron chi connectivity index (χ4n) is 3.34. The van der Waals surface area contributed by atoms with E-state index in [1.807, 2.05) is 0 Å². The Morgan fingerprint density at radius 3 is 2.38 bits per heavy atom. The lowest BCUT2D eigenvalue weighted by Crippen LogP contribution is -2.54. The van der Waals surface area contributed by atoms with E-state index in [2.05, 4.69) is 5.32 Å². The zero-order valence-electron chi connectivity index (χ0n) is 17.8. The molecule has 1 saturated heterocycles. The second kappa shape index (κ2) is 9.89. The largest absolute Gasteiger partial charge is 0.489 e. The molecule has 34 heavy (non-hydrogen) atoms. The number of imide groups is 2. The zero-order chi connectivity index (χ0) is 24.4. The van der Waals surface area contributed by atoms with E-state index < -0.39 is 17.8 Å². The van der Waals surface area contributed by atoms with E-state index >= 15 is 0 Å². The molecule has 0 radical (unpaired) electrons. The molecule has 0 saturated carbocycles. The number of carbonyl (C=O) groups excluding carboxylic acids is 3. The molecule has 1 aliphatic rings. The molecule has 0 spiro atoms. The summed E-state index contributed by atoms with van der Waals surface area (Å²) in [6.07, 6.45) is 1.41. The van der Waals surface area contributed by atoms with Crippen molar-refractivity contribution in [3.05, 3.63) is 98.0 Å². The van der Waals surface area contributed by atoms with E-state index in [-0.39, 0.29) is 12.2 Å². The van der Waals surface area contributed by atoms with Gasteiger partial charge >= 0.3 is 6.03 Å². The van der Waals surface area contributed by atoms with Gasteiger partial charge in [0, 0.05) is 20.6 Å². The highest BCUT2D eigenvalue weighted by molar-refractivity contribution is 6.40. The Hall–Kier alpha value is -3.32. The van der Waals surface area contributed by atoms with E-state index in [1.54, 1.807) is 67.6 Å². The van der Waals surface area contributed by atoms with Crippen molar-refractivity contribution in [2.75, 3.05) is 4.90 Å². The maximum atomic E-state index is 13.1. The SMILES string of the molecule is Cc1c(Cl)cccc1N1C(=O)NC(=O)/C(=C\c2ccc(OCc3ccc(Cl)cc3Cl)cc2)C1=O. The van der Waals surface area contributed by atoms with Crippen molar-refractivity contribution < 1.29 is 19.1 Å². The minimum Gasteiger partial charge on any atom is -0.489 e. The number of rotatable bonds is 5. The number of anilines is 1. The number of nitrogens with zero attached hydrogens (tertiary/aromatic N) is 1. The molecule has 1 aliphatic heterocycles. The van der Waals surface area contributed by atoms with Crippen LogP contribution in [0.2, 0.25) is 15.1 Å². The van der Waals surface area contributed by atoms with Gasteiger partial charge in [-0.05, 0) is 60.5 Å². The molecule has 9 heteroatoms. The molecular formula is C25H17Cl3N2O4. The zero-order valence-corrected chi connectivity index (χ0v) is 20.0. The van der Waals surface area contributed by atoms with Gasteiger partial charge in [0.1, 0.15) is 17.9 Å². The minimum absolute atomic E-state index is 0.180. The van der Waals surface area contributed by atoms with Gasteiger partial charge in [0.2, 0.25) is 0 Å². The monoisotopic (exact) mass is 514 g/mol. The maximum Gasteiger partial charge on any atom is 0.335 e. The number of urea groups is 1. The quantitative estimate of drug-likeness (QED) is 0.324. The topological polar surface area (TPSA) is 75.7 Å². The van der Waals surface area contributed by atoms with Crippen LogP contribution in [-0.2, 0) is 16.2 Å². The summed E-state index contributed by atoms with van der Waals surface area (Å²) in [4.78, 5) is 38.8. The molecule has 0 atom stereocenters. The van der Waals surface area contributed by atoms with Crippen LogP contribution in [-0.4, -0.2) is 17.8 Å². The molecule has 0 unspecified atom stereocenters. The fourth-order valence-corrected chi connectivity index (χ4v) is 3.97. The number of halogens is 3. The number of ether oxygens (including phenoxy) is 1. The van der Waals surface area contributed by atoms with Crippen molar-refractivity contribution >= 4 is 64.4 Å². The van der Waals surface area contributed by atoms with Crippen LogP contribution in [0.5, 0.6) is 5.75 Å². The molecule has 3 aromatic rings. The Labute approximate surface area is 210 Å². The van der Waals surface area contributed by atoms with Gasteiger partial charge in [0.25, 0.3) is 11.8 Å². The van der Waals surface area contributed by atoms with Gasteiger partial charge in [0.15, 0.2) is 0 Å². The van der Waals surface area contributed by atoms with E-state index in [0.717, 1.165) is 10.5 Å². The highest BCUT2D eigenvalue weighted by atomic mass is 35.5. The van der Waals surface area contributed by atoms with Crippen LogP contribution in [0.1, 0.15) is 16.7 Å². The van der Waals surface area contributed by atoms with Crippen molar-refractivity contribution in [1.29, 1.82) is 0 Å². The maximum absolute atomic E-state index is 13.1. The van der Waals surface area contributed by atoms with Crippen molar-refractivity contribution in [2.24, 2.45) is 0 Å². The van der Waals surface area contributed by atoms with Gasteiger partial charge in [-0.1, -0.05) is 59.1 Å². The summed E-state index contributed by atoms with van der Waals surface area (Å²) in [6, 6.07) is 16.0. The summed E-state index contributed by atoms with van der Waals surface area (Å²) < 4.78 is 5.75. The number of carbonyl (C=O) groups is 3. The molecule has 0 aromatic heterocycles. The van der Waals surface area contributed by atoms with Crippen LogP contribution in [0.25, 0.3) is 6.08 Å². The van der Waals surface area contributed by atoms with Crippen LogP contribution in [0.4, 0.5) is 10.5 Å². The van der Waals surface area contributed by atoms with Gasteiger partial charge < -0.3 is 4.74 Å². The molecule has 0 aliphatic carbocycles. The van der Waals surface area contributed by atoms with Gasteiger partial charge in [-0.25, -0.2) is 9.69 Å². The third-order valence-corrected chi connectivity index (χ3v) is 6.18. The number of barbiturate groups is 1. The third-order valence-electron chi connectivity index (χ3n) is 5.18. The molecule has 3 aromatic carbocycles. The lowest BCUT2D eigenvalue weighted by molar-refractivity contribution is -0.122. The highest BCUT2D eigenvalue weighted by Crippen LogP contribution is 2.30. The summed E-state index contributed by atoms with van der Waals surface area (Å²) in [7, 11) is 0. The summed E-state index contributed by atoms with van der Waals surface area (Å²) >= 11 is 18.2. The van der Waals surface area contributed by atoms with Gasteiger partial charge in [-0.3, -0.25) is 14.9 Å². The van der Waals surface area contributed by atoms with Crippen LogP contribution < -0.4 is 15.0 Å². The predicted octanol–water partition coefficient (Wildman–Crippen LogP) is 6.20. The second-order valence-corrected chi connectivity index (χ2v) is 8.69. The van der Waals surface area contributed by atoms with Crippen molar-refractivity contribution in [1.82, 2.24) is 5.32 Å². The lowest BCUT2D eigenvalue weighted by atomic mass is 10.1. The van der Waals surface area contributed by atoms with Crippen LogP contribution in [0.3, 0.4) is 0 Å². The fraction of sp³-hybridized carbons (Fsp3) is 0.0800. The van der Waals surface area contributed by atoms with Gasteiger partial charge in [-0.2, -0.15) is 0 Å². The molecular weight excluding hydrogens is 499 g/mol. The van der Waals surface area contributed by atoms with E-state index in [9.17, 15) is 14.4 Å². The van der Waals surface area contributed by atoms with Crippen molar-refractivity contribution in [2.45, 2.75) is 13.5 Å². The molecule has 172 valence electrons. The predicted molar refractivity (Wildman–Crippen MR) is 132 cm³/mol. The highest BCUT2D eigenvalue weighted by Gasteiger charge is 2.37. The first kappa shape index (κ1) is 23.8. The van der Waals surface area contributed by atoms with Crippen molar-refractivity contribution in [3.8, 4) is 5.75 Å². The number of hydrogen-bond acceptors (Lipinski definition) is 4. The summed E-state index contributed by atoms with van der Waals surface area (Å²) in [5.41, 5.74) is 2.03. The molecule has 0 bridgehead atoms. The summed E-state index contributed by atoms with van der Waals surface area (Å²) in [5, 5.41) is 3.65. The number of benzene rings is 3. The standard InChI is InChI=1S/C25H17Cl3N2O4/c1-14-20(27)3-2-4-22(14)30-24(32)19(23(31)29-25(30)33)11-15-5-9-18(10-6-15)34-13-16-7-8-17(26)12-21(16)28/h2-12H,13H2,1H3,(H,29,31,33)/b19-11+. The Kier molecular flexibility index (Phi) is 6.93. The second-order valence-electron chi connectivity index (χ2n) is 7.44. The average molecular weight is 516 g/mol. The van der Waals surface area contributed by atoms with E-state index in [1.165, 1.54) is 6.08 Å². The first-order valence-corrected chi connectivity index (χ1v) is 11.2. The number of hydrogen-bond donors (Lipinski definition) is 1. The molecule has 4 rings (SSSR count). The van der Waals surface area contributed by atoms with Crippen molar-refractivity contribution in [3.63, 3.8) is 0 Å². The molecule has 1 N–H and O–H groups in total. The molecule has 6 nitrogen and oxygen atoms in total. The Morgan fingerprint density at radius 2 is 1.68 bits per heavy atom. The normalized spacial score (nSPS) is 15.0. The Balaban J connectivity index is 1.54. The van der Waals surface area contributed by atoms with Crippen LogP contribution in [0, 0.1) is 6.92 Å². The molecule has 1 fully saturated rings. The average Bonchev–Trinajstić information content (AvgIpc) is 2.79. The van der Waals surface area contributed by atoms with Crippen LogP contribution in [0.15, 0.2) is 66.2 Å². The lowest BCUT2D eigenvalue weighted by Gasteiger charge is -2.27. The summed E-state index contributed by atoms with van der Waals surface area (Å²) in [6.45, 7) is 1.93.